The average molecular weight is 216 g/mol. The van der Waals surface area contributed by atoms with Gasteiger partial charge in [0, 0.05) is 19.0 Å². The van der Waals surface area contributed by atoms with Crippen LogP contribution < -0.4 is 0 Å². The van der Waals surface area contributed by atoms with Gasteiger partial charge in [-0.2, -0.15) is 0 Å². The largest absolute Gasteiger partial charge is 0.365 e. The Morgan fingerprint density at radius 3 is 2.50 bits per heavy atom. The van der Waals surface area contributed by atoms with Gasteiger partial charge in [0.05, 0.1) is 5.69 Å². The number of aromatic nitrogens is 1. The van der Waals surface area contributed by atoms with Gasteiger partial charge in [-0.25, -0.2) is 0 Å². The van der Waals surface area contributed by atoms with Crippen LogP contribution in [-0.2, 0) is 13.0 Å². The van der Waals surface area contributed by atoms with Gasteiger partial charge < -0.3 is 9.42 Å². The van der Waals surface area contributed by atoms with Crippen LogP contribution in [0.1, 0.15) is 16.8 Å². The zero-order chi connectivity index (χ0) is 11.4. The molecule has 84 valence electrons. The summed E-state index contributed by atoms with van der Waals surface area (Å²) in [6, 6.07) is 10.4. The lowest BCUT2D eigenvalue weighted by Gasteiger charge is -2.13. The van der Waals surface area contributed by atoms with Crippen LogP contribution in [0.3, 0.4) is 0 Å². The molecular formula is C13H16N2O. The monoisotopic (exact) mass is 216 g/mol. The first kappa shape index (κ1) is 10.9. The Balaban J connectivity index is 2.19. The summed E-state index contributed by atoms with van der Waals surface area (Å²) in [6.45, 7) is 0.952. The van der Waals surface area contributed by atoms with E-state index in [2.05, 4.69) is 48.4 Å². The molecule has 0 radical (unpaired) electrons. The average Bonchev–Trinajstić information content (AvgIpc) is 2.73. The van der Waals surface area contributed by atoms with E-state index in [0.29, 0.717) is 0 Å². The van der Waals surface area contributed by atoms with Crippen molar-refractivity contribution in [3.63, 3.8) is 0 Å². The smallest absolute Gasteiger partial charge is 0.124 e. The second kappa shape index (κ2) is 4.94. The summed E-state index contributed by atoms with van der Waals surface area (Å²) in [5.74, 6) is 0. The van der Waals surface area contributed by atoms with E-state index < -0.39 is 0 Å². The maximum absolute atomic E-state index is 4.85. The molecule has 16 heavy (non-hydrogen) atoms. The molecule has 0 bridgehead atoms. The fourth-order valence-electron chi connectivity index (χ4n) is 1.75. The molecule has 2 rings (SSSR count). The molecule has 1 aromatic carbocycles. The summed E-state index contributed by atoms with van der Waals surface area (Å²) < 4.78 is 4.85. The molecule has 1 aromatic heterocycles. The third-order valence-electron chi connectivity index (χ3n) is 2.47. The lowest BCUT2D eigenvalue weighted by molar-refractivity contribution is 0.400. The third-order valence-corrected chi connectivity index (χ3v) is 2.47. The maximum Gasteiger partial charge on any atom is 0.124 e. The number of benzene rings is 1. The van der Waals surface area contributed by atoms with Gasteiger partial charge in [-0.15, -0.1) is 0 Å². The van der Waals surface area contributed by atoms with Crippen LogP contribution in [0.25, 0.3) is 0 Å². The van der Waals surface area contributed by atoms with Crippen molar-refractivity contribution >= 4 is 0 Å². The SMILES string of the molecule is CN(C)Cc1ccccc1Cc1ccon1. The van der Waals surface area contributed by atoms with Gasteiger partial charge in [0.1, 0.15) is 6.26 Å². The lowest BCUT2D eigenvalue weighted by atomic mass is 10.0. The maximum atomic E-state index is 4.85. The minimum atomic E-state index is 0.834. The van der Waals surface area contributed by atoms with Gasteiger partial charge in [0.15, 0.2) is 0 Å². The van der Waals surface area contributed by atoms with Crippen molar-refractivity contribution in [1.29, 1.82) is 0 Å². The highest BCUT2D eigenvalue weighted by Crippen LogP contribution is 2.14. The van der Waals surface area contributed by atoms with Crippen LogP contribution in [0.4, 0.5) is 0 Å². The number of hydrogen-bond donors (Lipinski definition) is 0. The second-order valence-electron chi connectivity index (χ2n) is 4.17. The molecule has 3 nitrogen and oxygen atoms in total. The van der Waals surface area contributed by atoms with Gasteiger partial charge in [0.2, 0.25) is 0 Å². The molecule has 3 heteroatoms. The summed E-state index contributed by atoms with van der Waals surface area (Å²) in [6.07, 6.45) is 2.45. The molecule has 0 unspecified atom stereocenters. The van der Waals surface area contributed by atoms with E-state index in [1.165, 1.54) is 11.1 Å². The Kier molecular flexibility index (Phi) is 3.37. The Morgan fingerprint density at radius 2 is 1.88 bits per heavy atom. The highest BCUT2D eigenvalue weighted by molar-refractivity contribution is 5.30. The van der Waals surface area contributed by atoms with E-state index in [0.717, 1.165) is 18.7 Å². The first-order valence-corrected chi connectivity index (χ1v) is 5.36. The van der Waals surface area contributed by atoms with Crippen molar-refractivity contribution in [2.24, 2.45) is 0 Å². The first-order chi connectivity index (χ1) is 7.75. The van der Waals surface area contributed by atoms with Crippen molar-refractivity contribution in [2.45, 2.75) is 13.0 Å². The molecule has 0 aliphatic heterocycles. The van der Waals surface area contributed by atoms with Crippen LogP contribution in [0.5, 0.6) is 0 Å². The molecule has 0 N–H and O–H groups in total. The van der Waals surface area contributed by atoms with E-state index in [1.54, 1.807) is 6.26 Å². The Hall–Kier alpha value is -1.61. The first-order valence-electron chi connectivity index (χ1n) is 5.36. The number of rotatable bonds is 4. The molecule has 0 amide bonds. The predicted molar refractivity (Wildman–Crippen MR) is 63.1 cm³/mol. The normalized spacial score (nSPS) is 10.9. The molecule has 0 atom stereocenters. The zero-order valence-corrected chi connectivity index (χ0v) is 9.68. The van der Waals surface area contributed by atoms with E-state index in [1.807, 2.05) is 6.07 Å². The minimum absolute atomic E-state index is 0.834. The van der Waals surface area contributed by atoms with Crippen LogP contribution in [0.15, 0.2) is 41.1 Å². The van der Waals surface area contributed by atoms with Crippen molar-refractivity contribution in [2.75, 3.05) is 14.1 Å². The van der Waals surface area contributed by atoms with Crippen molar-refractivity contribution in [1.82, 2.24) is 10.1 Å². The summed E-state index contributed by atoms with van der Waals surface area (Å²) >= 11 is 0. The summed E-state index contributed by atoms with van der Waals surface area (Å²) in [5, 5.41) is 3.94. The van der Waals surface area contributed by atoms with Crippen LogP contribution >= 0.6 is 0 Å². The minimum Gasteiger partial charge on any atom is -0.365 e. The van der Waals surface area contributed by atoms with Gasteiger partial charge in [0.25, 0.3) is 0 Å². The summed E-state index contributed by atoms with van der Waals surface area (Å²) in [7, 11) is 4.15. The molecule has 0 aliphatic carbocycles. The van der Waals surface area contributed by atoms with E-state index >= 15 is 0 Å². The summed E-state index contributed by atoms with van der Waals surface area (Å²) in [4.78, 5) is 2.17. The molecule has 1 heterocycles. The Labute approximate surface area is 95.7 Å². The fraction of sp³-hybridized carbons (Fsp3) is 0.308. The quantitative estimate of drug-likeness (QED) is 0.785. The predicted octanol–water partition coefficient (Wildman–Crippen LogP) is 2.33. The third kappa shape index (κ3) is 2.70. The molecule has 0 fully saturated rings. The zero-order valence-electron chi connectivity index (χ0n) is 9.68. The van der Waals surface area contributed by atoms with Crippen LogP contribution in [0.2, 0.25) is 0 Å². The fourth-order valence-corrected chi connectivity index (χ4v) is 1.75. The van der Waals surface area contributed by atoms with Gasteiger partial charge in [-0.1, -0.05) is 29.4 Å². The molecule has 0 saturated heterocycles. The van der Waals surface area contributed by atoms with Crippen LogP contribution in [-0.4, -0.2) is 24.2 Å². The standard InChI is InChI=1S/C13H16N2O/c1-15(2)10-12-6-4-3-5-11(12)9-13-7-8-16-14-13/h3-8H,9-10H2,1-2H3. The van der Waals surface area contributed by atoms with Gasteiger partial charge in [-0.05, 0) is 25.2 Å². The molecular weight excluding hydrogens is 200 g/mol. The van der Waals surface area contributed by atoms with E-state index in [-0.39, 0.29) is 0 Å². The van der Waals surface area contributed by atoms with E-state index in [9.17, 15) is 0 Å². The highest BCUT2D eigenvalue weighted by Gasteiger charge is 2.05. The molecule has 0 aliphatic rings. The molecule has 0 spiro atoms. The second-order valence-corrected chi connectivity index (χ2v) is 4.17. The Bertz CT molecular complexity index is 435. The molecule has 0 saturated carbocycles. The topological polar surface area (TPSA) is 29.3 Å². The van der Waals surface area contributed by atoms with Crippen molar-refractivity contribution in [3.8, 4) is 0 Å². The Morgan fingerprint density at radius 1 is 1.12 bits per heavy atom. The number of nitrogens with zero attached hydrogens (tertiary/aromatic N) is 2. The lowest BCUT2D eigenvalue weighted by Crippen LogP contribution is -2.12. The summed E-state index contributed by atoms with van der Waals surface area (Å²) in [5.41, 5.74) is 3.63. The molecule has 2 aromatic rings. The van der Waals surface area contributed by atoms with E-state index in [4.69, 9.17) is 4.52 Å². The van der Waals surface area contributed by atoms with Gasteiger partial charge >= 0.3 is 0 Å². The van der Waals surface area contributed by atoms with Crippen molar-refractivity contribution in [3.05, 3.63) is 53.4 Å². The van der Waals surface area contributed by atoms with Crippen molar-refractivity contribution < 1.29 is 4.52 Å². The van der Waals surface area contributed by atoms with Gasteiger partial charge in [-0.3, -0.25) is 0 Å². The van der Waals surface area contributed by atoms with Crippen LogP contribution in [0, 0.1) is 0 Å². The highest BCUT2D eigenvalue weighted by atomic mass is 16.5. The number of hydrogen-bond acceptors (Lipinski definition) is 3.